The van der Waals surface area contributed by atoms with Crippen molar-refractivity contribution in [1.82, 2.24) is 0 Å². The first kappa shape index (κ1) is 16.2. The molecule has 6 heteroatoms. The Hall–Kier alpha value is 0.467. The molecule has 0 bridgehead atoms. The van der Waals surface area contributed by atoms with E-state index in [1.165, 1.54) is 0 Å². The maximum atomic E-state index is 8.74. The molecule has 0 atom stereocenters. The molecule has 0 aliphatic heterocycles. The van der Waals surface area contributed by atoms with Crippen molar-refractivity contribution < 1.29 is 36.4 Å². The van der Waals surface area contributed by atoms with Crippen molar-refractivity contribution in [2.75, 3.05) is 0 Å². The molecule has 0 unspecified atom stereocenters. The van der Waals surface area contributed by atoms with Crippen LogP contribution in [0, 0.1) is 6.42 Å². The molecule has 0 radical (unpaired) electrons. The van der Waals surface area contributed by atoms with E-state index in [4.69, 9.17) is 17.5 Å². The summed E-state index contributed by atoms with van der Waals surface area (Å²) in [5.41, 5.74) is 0. The van der Waals surface area contributed by atoms with Crippen LogP contribution in [0.15, 0.2) is 0 Å². The average molecular weight is 148 g/mol. The van der Waals surface area contributed by atoms with Crippen LogP contribution in [0.5, 0.6) is 0 Å². The molecule has 0 saturated carbocycles. The van der Waals surface area contributed by atoms with E-state index in [0.717, 1.165) is 0 Å². The van der Waals surface area contributed by atoms with Gasteiger partial charge in [-0.1, -0.05) is 0 Å². The van der Waals surface area contributed by atoms with Crippen molar-refractivity contribution in [3.05, 3.63) is 6.42 Å². The van der Waals surface area contributed by atoms with Gasteiger partial charge in [-0.3, -0.25) is 9.11 Å². The van der Waals surface area contributed by atoms with Gasteiger partial charge in [0.1, 0.15) is 0 Å². The molecule has 0 aliphatic carbocycles. The third-order valence-electron chi connectivity index (χ3n) is 0. The summed E-state index contributed by atoms with van der Waals surface area (Å²) in [6.07, 6.45) is 2.00. The van der Waals surface area contributed by atoms with Gasteiger partial charge < -0.3 is 6.42 Å². The Labute approximate surface area is 67.4 Å². The molecule has 0 saturated heterocycles. The minimum Gasteiger partial charge on any atom is -0.335 e. The average Bonchev–Trinajstić information content (AvgIpc) is 1.27. The standard InChI is InChI=1S/C3H7.Li.H2O4S/c1-3-2;;1-5(2,3)4/h3H,1-2H3;;(H2,1,2,3,4)/q-1;+1;. The van der Waals surface area contributed by atoms with Crippen molar-refractivity contribution in [1.29, 1.82) is 0 Å². The summed E-state index contributed by atoms with van der Waals surface area (Å²) in [7, 11) is -4.67. The van der Waals surface area contributed by atoms with E-state index >= 15 is 0 Å². The Kier molecular flexibility index (Phi) is 15.3. The van der Waals surface area contributed by atoms with Gasteiger partial charge in [-0.05, 0) is 0 Å². The second-order valence-electron chi connectivity index (χ2n) is 1.03. The third kappa shape index (κ3) is 1620. The van der Waals surface area contributed by atoms with Crippen LogP contribution >= 0.6 is 0 Å². The molecule has 0 aromatic heterocycles. The van der Waals surface area contributed by atoms with Gasteiger partial charge in [0.25, 0.3) is 0 Å². The van der Waals surface area contributed by atoms with Crippen LogP contribution in [0.3, 0.4) is 0 Å². The van der Waals surface area contributed by atoms with E-state index in [1.807, 2.05) is 20.3 Å². The first-order chi connectivity index (χ1) is 3.41. The minimum atomic E-state index is -4.67. The molecule has 52 valence electrons. The monoisotopic (exact) mass is 148 g/mol. The van der Waals surface area contributed by atoms with Crippen LogP contribution in [-0.2, 0) is 10.4 Å². The van der Waals surface area contributed by atoms with Crippen LogP contribution in [0.25, 0.3) is 0 Å². The molecule has 0 rings (SSSR count). The van der Waals surface area contributed by atoms with Gasteiger partial charge in [-0.25, -0.2) is 0 Å². The fourth-order valence-electron chi connectivity index (χ4n) is 0. The Morgan fingerprint density at radius 2 is 1.22 bits per heavy atom. The van der Waals surface area contributed by atoms with E-state index in [-0.39, 0.29) is 18.9 Å². The fraction of sp³-hybridized carbons (Fsp3) is 0.667. The number of rotatable bonds is 0. The summed E-state index contributed by atoms with van der Waals surface area (Å²) in [5, 5.41) is 0. The van der Waals surface area contributed by atoms with Crippen LogP contribution in [-0.4, -0.2) is 17.5 Å². The SMILES string of the molecule is C[CH-]C.O=S(=O)(O)O.[Li+]. The second-order valence-corrected chi connectivity index (χ2v) is 1.92. The molecule has 4 nitrogen and oxygen atoms in total. The molecule has 0 spiro atoms. The van der Waals surface area contributed by atoms with Crippen LogP contribution < -0.4 is 18.9 Å². The minimum absolute atomic E-state index is 0. The van der Waals surface area contributed by atoms with Gasteiger partial charge in [0.05, 0.1) is 0 Å². The van der Waals surface area contributed by atoms with E-state index in [0.29, 0.717) is 0 Å². The number of hydrogen-bond acceptors (Lipinski definition) is 2. The molecule has 0 heterocycles. The summed E-state index contributed by atoms with van der Waals surface area (Å²) >= 11 is 0. The maximum Gasteiger partial charge on any atom is 1.00 e. The van der Waals surface area contributed by atoms with Crippen molar-refractivity contribution >= 4 is 10.4 Å². The smallest absolute Gasteiger partial charge is 0.335 e. The van der Waals surface area contributed by atoms with Crippen molar-refractivity contribution in [2.45, 2.75) is 13.8 Å². The summed E-state index contributed by atoms with van der Waals surface area (Å²) in [6, 6.07) is 0. The molecule has 2 N–H and O–H groups in total. The summed E-state index contributed by atoms with van der Waals surface area (Å²) < 4.78 is 31.6. The molecule has 9 heavy (non-hydrogen) atoms. The largest absolute Gasteiger partial charge is 1.00 e. The molecular formula is C3H9LiO4S. The second kappa shape index (κ2) is 8.47. The Morgan fingerprint density at radius 1 is 1.22 bits per heavy atom. The molecule has 0 amide bonds. The Balaban J connectivity index is -0.0000000800. The van der Waals surface area contributed by atoms with Crippen LogP contribution in [0.4, 0.5) is 0 Å². The van der Waals surface area contributed by atoms with Gasteiger partial charge in [-0.15, -0.1) is 0 Å². The molecular weight excluding hydrogens is 139 g/mol. The first-order valence-electron chi connectivity index (χ1n) is 1.85. The zero-order valence-corrected chi connectivity index (χ0v) is 6.51. The van der Waals surface area contributed by atoms with Gasteiger partial charge in [0, 0.05) is 0 Å². The molecule has 0 aromatic rings. The normalized spacial score (nSPS) is 8.44. The Bertz CT molecular complexity index is 110. The van der Waals surface area contributed by atoms with Crippen molar-refractivity contribution in [3.63, 3.8) is 0 Å². The summed E-state index contributed by atoms with van der Waals surface area (Å²) in [5.74, 6) is 0. The predicted molar refractivity (Wildman–Crippen MR) is 29.8 cm³/mol. The summed E-state index contributed by atoms with van der Waals surface area (Å²) in [6.45, 7) is 4.00. The molecule has 0 aliphatic rings. The molecule has 0 aromatic carbocycles. The third-order valence-corrected chi connectivity index (χ3v) is 0. The van der Waals surface area contributed by atoms with Gasteiger partial charge in [0.2, 0.25) is 0 Å². The predicted octanol–water partition coefficient (Wildman–Crippen LogP) is -2.42. The van der Waals surface area contributed by atoms with E-state index < -0.39 is 10.4 Å². The van der Waals surface area contributed by atoms with Crippen molar-refractivity contribution in [2.24, 2.45) is 0 Å². The van der Waals surface area contributed by atoms with Gasteiger partial charge >= 0.3 is 29.3 Å². The summed E-state index contributed by atoms with van der Waals surface area (Å²) in [4.78, 5) is 0. The Morgan fingerprint density at radius 3 is 1.22 bits per heavy atom. The van der Waals surface area contributed by atoms with E-state index in [9.17, 15) is 0 Å². The van der Waals surface area contributed by atoms with E-state index in [1.54, 1.807) is 0 Å². The van der Waals surface area contributed by atoms with Crippen LogP contribution in [0.1, 0.15) is 13.8 Å². The van der Waals surface area contributed by atoms with Gasteiger partial charge in [-0.2, -0.15) is 22.3 Å². The van der Waals surface area contributed by atoms with Crippen molar-refractivity contribution in [3.8, 4) is 0 Å². The fourth-order valence-corrected chi connectivity index (χ4v) is 0. The number of hydrogen-bond donors (Lipinski definition) is 2. The molecule has 0 fully saturated rings. The van der Waals surface area contributed by atoms with Crippen LogP contribution in [0.2, 0.25) is 0 Å². The van der Waals surface area contributed by atoms with Gasteiger partial charge in [0.15, 0.2) is 0 Å². The zero-order chi connectivity index (χ0) is 7.21. The topological polar surface area (TPSA) is 74.6 Å². The quantitative estimate of drug-likeness (QED) is 0.228. The zero-order valence-electron chi connectivity index (χ0n) is 5.70. The first-order valence-corrected chi connectivity index (χ1v) is 3.25. The van der Waals surface area contributed by atoms with E-state index in [2.05, 4.69) is 0 Å². The maximum absolute atomic E-state index is 8.74.